The lowest BCUT2D eigenvalue weighted by Crippen LogP contribution is -2.18. The molecule has 0 spiro atoms. The van der Waals surface area contributed by atoms with Crippen LogP contribution < -0.4 is 14.8 Å². The summed E-state index contributed by atoms with van der Waals surface area (Å²) < 4.78 is 10.6. The molecule has 1 aliphatic rings. The van der Waals surface area contributed by atoms with E-state index < -0.39 is 0 Å². The van der Waals surface area contributed by atoms with E-state index in [0.29, 0.717) is 17.3 Å². The fourth-order valence-electron chi connectivity index (χ4n) is 2.42. The third-order valence-corrected chi connectivity index (χ3v) is 4.53. The summed E-state index contributed by atoms with van der Waals surface area (Å²) in [6.07, 6.45) is 1.90. The van der Waals surface area contributed by atoms with Gasteiger partial charge in [0.25, 0.3) is 5.24 Å². The Bertz CT molecular complexity index is 875. The van der Waals surface area contributed by atoms with Crippen LogP contribution in [0.3, 0.4) is 0 Å². The Kier molecular flexibility index (Phi) is 5.09. The molecule has 128 valence electrons. The van der Waals surface area contributed by atoms with Gasteiger partial charge in [0.2, 0.25) is 0 Å². The van der Waals surface area contributed by atoms with Gasteiger partial charge in [0, 0.05) is 0 Å². The van der Waals surface area contributed by atoms with Crippen molar-refractivity contribution in [1.82, 2.24) is 5.32 Å². The fraction of sp³-hybridized carbons (Fsp3) is 0.158. The minimum Gasteiger partial charge on any atom is -0.493 e. The Morgan fingerprint density at radius 2 is 1.84 bits per heavy atom. The van der Waals surface area contributed by atoms with Gasteiger partial charge in [0.05, 0.1) is 24.8 Å². The average Bonchev–Trinajstić information content (AvgIpc) is 2.95. The average molecular weight is 354 g/mol. The maximum atomic E-state index is 11.8. The number of ether oxygens (including phenoxy) is 2. The molecule has 3 rings (SSSR count). The topological polar surface area (TPSA) is 59.9 Å². The first-order valence-electron chi connectivity index (χ1n) is 7.68. The molecule has 1 amide bonds. The molecule has 5 nitrogen and oxygen atoms in total. The Balaban J connectivity index is 1.98. The Morgan fingerprint density at radius 1 is 1.08 bits per heavy atom. The van der Waals surface area contributed by atoms with E-state index in [-0.39, 0.29) is 5.24 Å². The van der Waals surface area contributed by atoms with Crippen molar-refractivity contribution in [3.05, 3.63) is 58.5 Å². The molecule has 2 aromatic carbocycles. The minimum absolute atomic E-state index is 0.140. The van der Waals surface area contributed by atoms with Crippen molar-refractivity contribution in [3.63, 3.8) is 0 Å². The van der Waals surface area contributed by atoms with Crippen LogP contribution in [0, 0.1) is 6.92 Å². The number of carbonyl (C=O) groups is 1. The van der Waals surface area contributed by atoms with Crippen LogP contribution in [0.2, 0.25) is 0 Å². The maximum Gasteiger partial charge on any atom is 0.289 e. The third kappa shape index (κ3) is 3.85. The lowest BCUT2D eigenvalue weighted by molar-refractivity contribution is 0.265. The molecular formula is C19H18N2O3S. The monoisotopic (exact) mass is 354 g/mol. The van der Waals surface area contributed by atoms with Crippen molar-refractivity contribution in [2.24, 2.45) is 4.99 Å². The van der Waals surface area contributed by atoms with Crippen LogP contribution >= 0.6 is 11.8 Å². The van der Waals surface area contributed by atoms with Crippen molar-refractivity contribution >= 4 is 34.6 Å². The fourth-order valence-corrected chi connectivity index (χ4v) is 3.15. The van der Waals surface area contributed by atoms with Crippen molar-refractivity contribution in [3.8, 4) is 11.5 Å². The number of para-hydroxylation sites is 1. The molecule has 1 saturated heterocycles. The zero-order chi connectivity index (χ0) is 17.8. The molecule has 0 saturated carbocycles. The summed E-state index contributed by atoms with van der Waals surface area (Å²) in [6.45, 7) is 1.99. The summed E-state index contributed by atoms with van der Waals surface area (Å²) in [6, 6.07) is 13.4. The first kappa shape index (κ1) is 17.1. The van der Waals surface area contributed by atoms with Gasteiger partial charge in [-0.3, -0.25) is 4.79 Å². The number of nitrogens with one attached hydrogen (secondary N) is 1. The molecule has 1 aliphatic heterocycles. The predicted octanol–water partition coefficient (Wildman–Crippen LogP) is 4.54. The first-order valence-corrected chi connectivity index (χ1v) is 8.49. The van der Waals surface area contributed by atoms with Crippen LogP contribution in [0.15, 0.2) is 52.4 Å². The number of hydrogen-bond acceptors (Lipinski definition) is 5. The largest absolute Gasteiger partial charge is 0.493 e. The third-order valence-electron chi connectivity index (χ3n) is 3.71. The van der Waals surface area contributed by atoms with E-state index in [9.17, 15) is 4.79 Å². The molecule has 0 atom stereocenters. The summed E-state index contributed by atoms with van der Waals surface area (Å²) in [4.78, 5) is 17.2. The number of amides is 1. The second-order valence-corrected chi connectivity index (χ2v) is 6.40. The second-order valence-electron chi connectivity index (χ2n) is 5.38. The first-order chi connectivity index (χ1) is 12.1. The predicted molar refractivity (Wildman–Crippen MR) is 102 cm³/mol. The lowest BCUT2D eigenvalue weighted by atomic mass is 10.1. The Hall–Kier alpha value is -2.73. The number of methoxy groups -OCH3 is 2. The molecule has 0 aliphatic carbocycles. The zero-order valence-electron chi connectivity index (χ0n) is 14.2. The number of carbonyl (C=O) groups excluding carboxylic acids is 1. The quantitative estimate of drug-likeness (QED) is 0.876. The van der Waals surface area contributed by atoms with E-state index in [0.717, 1.165) is 33.5 Å². The van der Waals surface area contributed by atoms with Gasteiger partial charge in [0.15, 0.2) is 11.5 Å². The Labute approximate surface area is 150 Å². The van der Waals surface area contributed by atoms with Crippen LogP contribution in [0.5, 0.6) is 11.5 Å². The molecular weight excluding hydrogens is 336 g/mol. The van der Waals surface area contributed by atoms with Crippen LogP contribution in [-0.4, -0.2) is 25.3 Å². The van der Waals surface area contributed by atoms with Crippen molar-refractivity contribution < 1.29 is 14.3 Å². The SMILES string of the molecule is COc1ccc(/C=C2\SC(=O)NC2=Nc2ccccc2C)cc1OC. The van der Waals surface area contributed by atoms with E-state index in [1.165, 1.54) is 0 Å². The number of nitrogens with zero attached hydrogens (tertiary/aromatic N) is 1. The normalized spacial score (nSPS) is 17.0. The van der Waals surface area contributed by atoms with Crippen LogP contribution in [0.25, 0.3) is 6.08 Å². The smallest absolute Gasteiger partial charge is 0.289 e. The van der Waals surface area contributed by atoms with E-state index in [1.54, 1.807) is 14.2 Å². The minimum atomic E-state index is -0.140. The van der Waals surface area contributed by atoms with Gasteiger partial charge in [0.1, 0.15) is 5.84 Å². The molecule has 1 N–H and O–H groups in total. The number of thioether (sulfide) groups is 1. The second kappa shape index (κ2) is 7.44. The molecule has 0 aromatic heterocycles. The summed E-state index contributed by atoms with van der Waals surface area (Å²) in [5.74, 6) is 1.85. The molecule has 0 radical (unpaired) electrons. The number of aliphatic imine (C=N–C) groups is 1. The van der Waals surface area contributed by atoms with Crippen LogP contribution in [0.4, 0.5) is 10.5 Å². The molecule has 0 bridgehead atoms. The van der Waals surface area contributed by atoms with Crippen molar-refractivity contribution in [1.29, 1.82) is 0 Å². The van der Waals surface area contributed by atoms with Crippen LogP contribution in [0.1, 0.15) is 11.1 Å². The molecule has 25 heavy (non-hydrogen) atoms. The van der Waals surface area contributed by atoms with Crippen molar-refractivity contribution in [2.45, 2.75) is 6.92 Å². The van der Waals surface area contributed by atoms with Crippen LogP contribution in [-0.2, 0) is 0 Å². The standard InChI is InChI=1S/C19H18N2O3S/c1-12-6-4-5-7-14(12)20-18-17(25-19(22)21-18)11-13-8-9-15(23-2)16(10-13)24-3/h4-11H,1-3H3,(H,20,21,22)/b17-11-. The summed E-state index contributed by atoms with van der Waals surface area (Å²) >= 11 is 1.13. The summed E-state index contributed by atoms with van der Waals surface area (Å²) in [7, 11) is 3.19. The number of amidine groups is 1. The number of rotatable bonds is 4. The summed E-state index contributed by atoms with van der Waals surface area (Å²) in [5.41, 5.74) is 2.78. The molecule has 0 unspecified atom stereocenters. The molecule has 6 heteroatoms. The van der Waals surface area contributed by atoms with Gasteiger partial charge in [-0.15, -0.1) is 0 Å². The molecule has 2 aromatic rings. The molecule has 1 fully saturated rings. The zero-order valence-corrected chi connectivity index (χ0v) is 15.0. The highest BCUT2D eigenvalue weighted by Crippen LogP contribution is 2.32. The van der Waals surface area contributed by atoms with Gasteiger partial charge >= 0.3 is 0 Å². The highest BCUT2D eigenvalue weighted by Gasteiger charge is 2.23. The van der Waals surface area contributed by atoms with E-state index >= 15 is 0 Å². The molecule has 1 heterocycles. The number of aryl methyl sites for hydroxylation is 1. The van der Waals surface area contributed by atoms with Crippen molar-refractivity contribution in [2.75, 3.05) is 14.2 Å². The lowest BCUT2D eigenvalue weighted by Gasteiger charge is -2.08. The number of benzene rings is 2. The van der Waals surface area contributed by atoms with Gasteiger partial charge in [-0.05, 0) is 54.1 Å². The van der Waals surface area contributed by atoms with Gasteiger partial charge in [-0.25, -0.2) is 4.99 Å². The van der Waals surface area contributed by atoms with Gasteiger partial charge in [-0.1, -0.05) is 24.3 Å². The van der Waals surface area contributed by atoms with Gasteiger partial charge < -0.3 is 14.8 Å². The van der Waals surface area contributed by atoms with E-state index in [2.05, 4.69) is 10.3 Å². The highest BCUT2D eigenvalue weighted by molar-refractivity contribution is 8.18. The maximum absolute atomic E-state index is 11.8. The van der Waals surface area contributed by atoms with E-state index in [4.69, 9.17) is 9.47 Å². The summed E-state index contributed by atoms with van der Waals surface area (Å²) in [5, 5.41) is 2.66. The highest BCUT2D eigenvalue weighted by atomic mass is 32.2. The van der Waals surface area contributed by atoms with Gasteiger partial charge in [-0.2, -0.15) is 0 Å². The Morgan fingerprint density at radius 3 is 2.56 bits per heavy atom. The number of hydrogen-bond donors (Lipinski definition) is 1. The van der Waals surface area contributed by atoms with E-state index in [1.807, 2.05) is 55.5 Å².